The minimum atomic E-state index is -1.57. The van der Waals surface area contributed by atoms with E-state index in [9.17, 15) is 35.1 Å². The SMILES string of the molecule is CCCC/C=C\CCCCCCCC(=O)OCCCCCCCCCCC/C=C\C/C=C\CCCCCCCCCCCCCCCCCCCC(=O)NC(COC1OC(CO)C(O)C(O)C1O)C(O)/C=C/CCCCCCCCCC. The second-order valence-corrected chi connectivity index (χ2v) is 24.2. The molecule has 0 aromatic heterocycles. The number of unbranched alkanes of at least 4 members (excludes halogenated alkanes) is 41. The Morgan fingerprint density at radius 2 is 0.829 bits per heavy atom. The molecule has 0 saturated carbocycles. The highest BCUT2D eigenvalue weighted by Crippen LogP contribution is 2.23. The fraction of sp³-hybridized carbons (Fsp3) is 0.859. The Kier molecular flexibility index (Phi) is 57.1. The van der Waals surface area contributed by atoms with E-state index in [1.807, 2.05) is 6.08 Å². The molecule has 0 bridgehead atoms. The minimum Gasteiger partial charge on any atom is -0.466 e. The Balaban J connectivity index is 1.94. The number of carbonyl (C=O) groups excluding carboxylic acids is 2. The fourth-order valence-corrected chi connectivity index (χ4v) is 10.9. The van der Waals surface area contributed by atoms with Crippen molar-refractivity contribution in [3.63, 3.8) is 0 Å². The van der Waals surface area contributed by atoms with Crippen molar-refractivity contribution in [2.24, 2.45) is 0 Å². The van der Waals surface area contributed by atoms with E-state index in [0.29, 0.717) is 19.4 Å². The highest BCUT2D eigenvalue weighted by molar-refractivity contribution is 5.76. The summed E-state index contributed by atoms with van der Waals surface area (Å²) in [5.74, 6) is -0.185. The molecule has 0 aliphatic carbocycles. The molecule has 1 aliphatic rings. The van der Waals surface area contributed by atoms with Crippen LogP contribution >= 0.6 is 0 Å². The van der Waals surface area contributed by atoms with E-state index in [0.717, 1.165) is 64.2 Å². The monoisotopic (exact) mass is 1160 g/mol. The summed E-state index contributed by atoms with van der Waals surface area (Å²) in [7, 11) is 0. The summed E-state index contributed by atoms with van der Waals surface area (Å²) in [4.78, 5) is 25.0. The Hall–Kier alpha value is -2.38. The van der Waals surface area contributed by atoms with Gasteiger partial charge in [0.25, 0.3) is 0 Å². The van der Waals surface area contributed by atoms with Crippen molar-refractivity contribution in [1.29, 1.82) is 0 Å². The van der Waals surface area contributed by atoms with Gasteiger partial charge >= 0.3 is 5.97 Å². The lowest BCUT2D eigenvalue weighted by Gasteiger charge is -2.40. The number of nitrogens with one attached hydrogen (secondary N) is 1. The highest BCUT2D eigenvalue weighted by atomic mass is 16.7. The van der Waals surface area contributed by atoms with Crippen LogP contribution in [0.1, 0.15) is 328 Å². The molecule has 1 amide bonds. The van der Waals surface area contributed by atoms with Crippen molar-refractivity contribution in [1.82, 2.24) is 5.32 Å². The van der Waals surface area contributed by atoms with Gasteiger partial charge in [0, 0.05) is 12.8 Å². The maximum atomic E-state index is 13.0. The second-order valence-electron chi connectivity index (χ2n) is 24.2. The molecule has 7 atom stereocenters. The fourth-order valence-electron chi connectivity index (χ4n) is 10.9. The first-order chi connectivity index (χ1) is 40.2. The smallest absolute Gasteiger partial charge is 0.305 e. The maximum absolute atomic E-state index is 13.0. The predicted octanol–water partition coefficient (Wildman–Crippen LogP) is 17.6. The first kappa shape index (κ1) is 77.6. The van der Waals surface area contributed by atoms with E-state index >= 15 is 0 Å². The van der Waals surface area contributed by atoms with Crippen LogP contribution in [0.4, 0.5) is 0 Å². The largest absolute Gasteiger partial charge is 0.466 e. The van der Waals surface area contributed by atoms with Crippen molar-refractivity contribution < 1.29 is 49.3 Å². The number of esters is 1. The average molecular weight is 1160 g/mol. The molecule has 6 N–H and O–H groups in total. The van der Waals surface area contributed by atoms with E-state index in [1.165, 1.54) is 238 Å². The molecule has 0 aromatic carbocycles. The van der Waals surface area contributed by atoms with Gasteiger partial charge in [0.2, 0.25) is 5.91 Å². The quantitative estimate of drug-likeness (QED) is 0.0195. The van der Waals surface area contributed by atoms with Gasteiger partial charge in [0.1, 0.15) is 24.4 Å². The molecule has 1 rings (SSSR count). The third kappa shape index (κ3) is 48.8. The van der Waals surface area contributed by atoms with Gasteiger partial charge in [0.15, 0.2) is 6.29 Å². The van der Waals surface area contributed by atoms with Crippen LogP contribution in [0.25, 0.3) is 0 Å². The van der Waals surface area contributed by atoms with E-state index in [1.54, 1.807) is 6.08 Å². The number of aliphatic hydroxyl groups is 5. The molecule has 82 heavy (non-hydrogen) atoms. The number of amides is 1. The van der Waals surface area contributed by atoms with E-state index in [-0.39, 0.29) is 18.5 Å². The molecule has 1 heterocycles. The molecule has 0 aromatic rings. The van der Waals surface area contributed by atoms with Gasteiger partial charge < -0.3 is 45.1 Å². The summed E-state index contributed by atoms with van der Waals surface area (Å²) in [6.07, 6.45) is 68.3. The van der Waals surface area contributed by atoms with Crippen molar-refractivity contribution in [2.45, 2.75) is 371 Å². The number of rotatable bonds is 61. The number of allylic oxidation sites excluding steroid dienone is 7. The van der Waals surface area contributed by atoms with Crippen LogP contribution in [-0.4, -0.2) is 100 Å². The van der Waals surface area contributed by atoms with Gasteiger partial charge in [-0.05, 0) is 83.5 Å². The van der Waals surface area contributed by atoms with Gasteiger partial charge in [-0.2, -0.15) is 0 Å². The molecule has 1 fully saturated rings. The molecule has 11 heteroatoms. The number of aliphatic hydroxyl groups excluding tert-OH is 5. The third-order valence-corrected chi connectivity index (χ3v) is 16.4. The van der Waals surface area contributed by atoms with Gasteiger partial charge in [-0.25, -0.2) is 0 Å². The predicted molar refractivity (Wildman–Crippen MR) is 343 cm³/mol. The first-order valence-electron chi connectivity index (χ1n) is 34.9. The number of hydrogen-bond acceptors (Lipinski definition) is 10. The molecular formula is C71H131NO10. The van der Waals surface area contributed by atoms with Crippen LogP contribution in [0.3, 0.4) is 0 Å². The Bertz CT molecular complexity index is 1500. The minimum absolute atomic E-state index is 0.00441. The van der Waals surface area contributed by atoms with Crippen LogP contribution in [0.15, 0.2) is 48.6 Å². The van der Waals surface area contributed by atoms with Crippen LogP contribution in [-0.2, 0) is 23.8 Å². The lowest BCUT2D eigenvalue weighted by molar-refractivity contribution is -0.302. The molecule has 1 saturated heterocycles. The zero-order valence-corrected chi connectivity index (χ0v) is 53.2. The normalized spacial score (nSPS) is 18.5. The first-order valence-corrected chi connectivity index (χ1v) is 34.9. The van der Waals surface area contributed by atoms with E-state index in [4.69, 9.17) is 14.2 Å². The number of hydrogen-bond donors (Lipinski definition) is 6. The maximum Gasteiger partial charge on any atom is 0.305 e. The van der Waals surface area contributed by atoms with Crippen molar-refractivity contribution >= 4 is 11.9 Å². The molecule has 0 spiro atoms. The zero-order valence-electron chi connectivity index (χ0n) is 53.2. The lowest BCUT2D eigenvalue weighted by atomic mass is 9.99. The average Bonchev–Trinajstić information content (AvgIpc) is 3.68. The van der Waals surface area contributed by atoms with Gasteiger partial charge in [0.05, 0.1) is 32.0 Å². The highest BCUT2D eigenvalue weighted by Gasteiger charge is 2.44. The molecule has 1 aliphatic heterocycles. The van der Waals surface area contributed by atoms with Gasteiger partial charge in [-0.1, -0.05) is 281 Å². The van der Waals surface area contributed by atoms with Gasteiger partial charge in [-0.15, -0.1) is 0 Å². The third-order valence-electron chi connectivity index (χ3n) is 16.4. The number of carbonyl (C=O) groups is 2. The second kappa shape index (κ2) is 60.3. The van der Waals surface area contributed by atoms with Crippen LogP contribution in [0.2, 0.25) is 0 Å². The summed E-state index contributed by atoms with van der Waals surface area (Å²) in [5.41, 5.74) is 0. The van der Waals surface area contributed by atoms with Gasteiger partial charge in [-0.3, -0.25) is 9.59 Å². The summed E-state index contributed by atoms with van der Waals surface area (Å²) < 4.78 is 16.7. The summed E-state index contributed by atoms with van der Waals surface area (Å²) >= 11 is 0. The molecule has 11 nitrogen and oxygen atoms in total. The summed E-state index contributed by atoms with van der Waals surface area (Å²) in [6.45, 7) is 4.30. The molecule has 480 valence electrons. The van der Waals surface area contributed by atoms with Crippen LogP contribution in [0.5, 0.6) is 0 Å². The van der Waals surface area contributed by atoms with E-state index < -0.39 is 49.5 Å². The lowest BCUT2D eigenvalue weighted by Crippen LogP contribution is -2.60. The standard InChI is InChI=1S/C71H131NO10/c1-3-5-7-9-11-13-38-43-47-51-55-59-67(76)80-60-56-52-48-44-40-37-35-33-31-29-27-25-23-21-19-17-15-16-18-20-22-24-26-28-30-32-34-36-39-42-46-50-54-58-66(75)72-63(62-81-71-70(79)69(78)68(77)65(61-73)82-71)64(74)57-53-49-45-41-14-12-10-8-6-4-2/h9,11,19,21,25,27,53,57,63-65,68-71,73-74,77-79H,3-8,10,12-18,20,22-24,26,28-52,54-56,58-62H2,1-2H3,(H,72,75)/b11-9-,21-19-,27-25-,57-53+. The van der Waals surface area contributed by atoms with Crippen molar-refractivity contribution in [3.05, 3.63) is 48.6 Å². The van der Waals surface area contributed by atoms with E-state index in [2.05, 4.69) is 55.6 Å². The Morgan fingerprint density at radius 1 is 0.451 bits per heavy atom. The molecular weight excluding hydrogens is 1030 g/mol. The van der Waals surface area contributed by atoms with Crippen LogP contribution in [0, 0.1) is 0 Å². The van der Waals surface area contributed by atoms with Crippen molar-refractivity contribution in [3.8, 4) is 0 Å². The Labute approximate surface area is 504 Å². The topological polar surface area (TPSA) is 175 Å². The van der Waals surface area contributed by atoms with Crippen LogP contribution < -0.4 is 5.32 Å². The van der Waals surface area contributed by atoms with Crippen molar-refractivity contribution in [2.75, 3.05) is 19.8 Å². The summed E-state index contributed by atoms with van der Waals surface area (Å²) in [5, 5.41) is 54.3. The zero-order chi connectivity index (χ0) is 59.5. The molecule has 0 radical (unpaired) electrons. The molecule has 7 unspecified atom stereocenters. The number of ether oxygens (including phenoxy) is 3. The summed E-state index contributed by atoms with van der Waals surface area (Å²) in [6, 6.07) is -0.808. The Morgan fingerprint density at radius 3 is 1.28 bits per heavy atom.